The molecule has 0 fully saturated rings. The van der Waals surface area contributed by atoms with Crippen LogP contribution in [-0.2, 0) is 0 Å². The van der Waals surface area contributed by atoms with Crippen molar-refractivity contribution in [1.29, 1.82) is 0 Å². The zero-order valence-corrected chi connectivity index (χ0v) is 14.2. The number of nitrogens with zero attached hydrogens (tertiary/aromatic N) is 2. The first-order chi connectivity index (χ1) is 12.5. The molecule has 0 atom stereocenters. The first-order valence-corrected chi connectivity index (χ1v) is 8.14. The lowest BCUT2D eigenvalue weighted by Gasteiger charge is -2.10. The van der Waals surface area contributed by atoms with Crippen molar-refractivity contribution in [1.82, 2.24) is 4.98 Å². The van der Waals surface area contributed by atoms with E-state index in [1.165, 1.54) is 36.6 Å². The molecule has 2 aromatic carbocycles. The number of hydrogen-bond acceptors (Lipinski definition) is 6. The second-order valence-electron chi connectivity index (χ2n) is 5.08. The van der Waals surface area contributed by atoms with Gasteiger partial charge in [0.2, 0.25) is 0 Å². The Balaban J connectivity index is 1.85. The van der Waals surface area contributed by atoms with Crippen LogP contribution in [0.2, 0.25) is 0 Å². The largest absolute Gasteiger partial charge is 0.493 e. The summed E-state index contributed by atoms with van der Waals surface area (Å²) < 4.78 is 34.9. The molecule has 0 saturated heterocycles. The maximum atomic E-state index is 12.3. The normalized spacial score (nSPS) is 11.4. The number of aromatic nitrogens is 1. The number of nitro benzene ring substituents is 1. The van der Waals surface area contributed by atoms with E-state index in [0.29, 0.717) is 16.1 Å². The number of non-ortho nitro benzene ring substituents is 1. The number of fused-ring (bicyclic) bond motifs is 1. The summed E-state index contributed by atoms with van der Waals surface area (Å²) in [6, 6.07) is 9.07. The maximum absolute atomic E-state index is 12.3. The Morgan fingerprint density at radius 1 is 1.19 bits per heavy atom. The number of rotatable bonds is 6. The molecule has 26 heavy (non-hydrogen) atoms. The minimum atomic E-state index is -2.93. The lowest BCUT2D eigenvalue weighted by Crippen LogP contribution is -2.03. The van der Waals surface area contributed by atoms with Crippen molar-refractivity contribution in [2.75, 3.05) is 7.11 Å². The average molecular weight is 378 g/mol. The van der Waals surface area contributed by atoms with Crippen molar-refractivity contribution in [3.8, 4) is 11.5 Å². The Bertz CT molecular complexity index is 988. The molecule has 9 heteroatoms. The third-order valence-corrected chi connectivity index (χ3v) is 4.42. The third-order valence-electron chi connectivity index (χ3n) is 3.42. The van der Waals surface area contributed by atoms with Crippen molar-refractivity contribution in [3.05, 3.63) is 57.1 Å². The van der Waals surface area contributed by atoms with Gasteiger partial charge in [0, 0.05) is 12.1 Å². The Morgan fingerprint density at radius 2 is 2.00 bits per heavy atom. The molecule has 0 amide bonds. The highest BCUT2D eigenvalue weighted by atomic mass is 32.1. The van der Waals surface area contributed by atoms with Crippen molar-refractivity contribution < 1.29 is 23.2 Å². The summed E-state index contributed by atoms with van der Waals surface area (Å²) in [4.78, 5) is 14.7. The Kier molecular flexibility index (Phi) is 5.08. The number of alkyl halides is 2. The van der Waals surface area contributed by atoms with Gasteiger partial charge in [-0.1, -0.05) is 12.1 Å². The highest BCUT2D eigenvalue weighted by Crippen LogP contribution is 2.31. The molecule has 1 aromatic heterocycles. The molecule has 0 bridgehead atoms. The molecule has 0 unspecified atom stereocenters. The number of ether oxygens (including phenoxy) is 2. The van der Waals surface area contributed by atoms with Gasteiger partial charge in [-0.25, -0.2) is 4.98 Å². The van der Waals surface area contributed by atoms with Crippen LogP contribution in [0.1, 0.15) is 10.6 Å². The highest BCUT2D eigenvalue weighted by Gasteiger charge is 2.11. The van der Waals surface area contributed by atoms with Gasteiger partial charge in [-0.3, -0.25) is 10.1 Å². The molecule has 134 valence electrons. The fourth-order valence-electron chi connectivity index (χ4n) is 2.27. The van der Waals surface area contributed by atoms with E-state index in [1.54, 1.807) is 30.4 Å². The molecule has 0 saturated carbocycles. The molecule has 1 heterocycles. The van der Waals surface area contributed by atoms with Gasteiger partial charge in [0.1, 0.15) is 5.01 Å². The smallest absolute Gasteiger partial charge is 0.387 e. The summed E-state index contributed by atoms with van der Waals surface area (Å²) in [6.07, 6.45) is 3.47. The highest BCUT2D eigenvalue weighted by molar-refractivity contribution is 7.19. The number of halogens is 2. The monoisotopic (exact) mass is 378 g/mol. The average Bonchev–Trinajstić information content (AvgIpc) is 3.02. The fourth-order valence-corrected chi connectivity index (χ4v) is 3.12. The van der Waals surface area contributed by atoms with Gasteiger partial charge in [-0.2, -0.15) is 8.78 Å². The van der Waals surface area contributed by atoms with Gasteiger partial charge >= 0.3 is 6.61 Å². The van der Waals surface area contributed by atoms with Crippen LogP contribution in [0.3, 0.4) is 0 Å². The van der Waals surface area contributed by atoms with E-state index in [1.807, 2.05) is 0 Å². The summed E-state index contributed by atoms with van der Waals surface area (Å²) in [5.41, 5.74) is 1.23. The Hall–Kier alpha value is -3.07. The molecule has 0 aliphatic carbocycles. The standard InChI is InChI=1S/C17H12F2N2O4S/c1-24-14-8-10(2-5-13(14)25-17(18)19)3-7-16-20-12-9-11(21(22)23)4-6-15(12)26-16/h2-9,17H,1H3. The summed E-state index contributed by atoms with van der Waals surface area (Å²) in [7, 11) is 1.36. The van der Waals surface area contributed by atoms with Crippen LogP contribution in [-0.4, -0.2) is 23.6 Å². The first kappa shape index (κ1) is 17.7. The van der Waals surface area contributed by atoms with Crippen molar-refractivity contribution >= 4 is 39.4 Å². The summed E-state index contributed by atoms with van der Waals surface area (Å²) >= 11 is 1.38. The molecule has 3 rings (SSSR count). The Morgan fingerprint density at radius 3 is 2.69 bits per heavy atom. The fraction of sp³-hybridized carbons (Fsp3) is 0.118. The topological polar surface area (TPSA) is 74.5 Å². The number of hydrogen-bond donors (Lipinski definition) is 0. The van der Waals surface area contributed by atoms with Crippen LogP contribution in [0.15, 0.2) is 36.4 Å². The number of methoxy groups -OCH3 is 1. The zero-order chi connectivity index (χ0) is 18.7. The molecule has 6 nitrogen and oxygen atoms in total. The zero-order valence-electron chi connectivity index (χ0n) is 13.4. The SMILES string of the molecule is COc1cc(C=Cc2nc3cc([N+](=O)[O-])ccc3s2)ccc1OC(F)F. The van der Waals surface area contributed by atoms with E-state index < -0.39 is 11.5 Å². The van der Waals surface area contributed by atoms with Gasteiger partial charge in [-0.05, 0) is 29.8 Å². The van der Waals surface area contributed by atoms with E-state index in [4.69, 9.17) is 4.74 Å². The van der Waals surface area contributed by atoms with Crippen LogP contribution in [0.5, 0.6) is 11.5 Å². The van der Waals surface area contributed by atoms with E-state index in [0.717, 1.165) is 4.70 Å². The van der Waals surface area contributed by atoms with Crippen LogP contribution in [0, 0.1) is 10.1 Å². The van der Waals surface area contributed by atoms with Gasteiger partial charge in [-0.15, -0.1) is 11.3 Å². The number of benzene rings is 2. The third kappa shape index (κ3) is 3.94. The Labute approximate surface area is 150 Å². The van der Waals surface area contributed by atoms with Gasteiger partial charge in [0.15, 0.2) is 11.5 Å². The van der Waals surface area contributed by atoms with Crippen LogP contribution in [0.25, 0.3) is 22.4 Å². The second-order valence-corrected chi connectivity index (χ2v) is 6.15. The van der Waals surface area contributed by atoms with Crippen molar-refractivity contribution in [3.63, 3.8) is 0 Å². The van der Waals surface area contributed by atoms with Gasteiger partial charge in [0.05, 0.1) is 22.2 Å². The minimum Gasteiger partial charge on any atom is -0.493 e. The molecular weight excluding hydrogens is 366 g/mol. The van der Waals surface area contributed by atoms with Crippen LogP contribution in [0.4, 0.5) is 14.5 Å². The van der Waals surface area contributed by atoms with E-state index in [9.17, 15) is 18.9 Å². The second kappa shape index (κ2) is 7.44. The lowest BCUT2D eigenvalue weighted by molar-refractivity contribution is -0.384. The van der Waals surface area contributed by atoms with E-state index in [-0.39, 0.29) is 17.2 Å². The molecule has 0 aliphatic rings. The summed E-state index contributed by atoms with van der Waals surface area (Å²) in [5, 5.41) is 11.5. The maximum Gasteiger partial charge on any atom is 0.387 e. The summed E-state index contributed by atoms with van der Waals surface area (Å²) in [5.74, 6) is 0.138. The lowest BCUT2D eigenvalue weighted by atomic mass is 10.2. The van der Waals surface area contributed by atoms with E-state index >= 15 is 0 Å². The molecule has 0 aliphatic heterocycles. The van der Waals surface area contributed by atoms with Gasteiger partial charge in [0.25, 0.3) is 5.69 Å². The molecule has 0 N–H and O–H groups in total. The van der Waals surface area contributed by atoms with Crippen molar-refractivity contribution in [2.45, 2.75) is 6.61 Å². The number of thiazole rings is 1. The molecular formula is C17H12F2N2O4S. The van der Waals surface area contributed by atoms with E-state index in [2.05, 4.69) is 9.72 Å². The molecule has 0 radical (unpaired) electrons. The molecule has 3 aromatic rings. The quantitative estimate of drug-likeness (QED) is 0.446. The summed E-state index contributed by atoms with van der Waals surface area (Å²) in [6.45, 7) is -2.93. The number of nitro groups is 1. The predicted molar refractivity (Wildman–Crippen MR) is 94.8 cm³/mol. The minimum absolute atomic E-state index is 0.0160. The predicted octanol–water partition coefficient (Wildman–Crippen LogP) is 4.98. The van der Waals surface area contributed by atoms with Crippen LogP contribution >= 0.6 is 11.3 Å². The van der Waals surface area contributed by atoms with Crippen LogP contribution < -0.4 is 9.47 Å². The van der Waals surface area contributed by atoms with Gasteiger partial charge < -0.3 is 9.47 Å². The first-order valence-electron chi connectivity index (χ1n) is 7.32. The molecule has 0 spiro atoms. The van der Waals surface area contributed by atoms with Crippen molar-refractivity contribution in [2.24, 2.45) is 0 Å².